The molecule has 0 heterocycles. The van der Waals surface area contributed by atoms with Gasteiger partial charge in [0.2, 0.25) is 10.0 Å². The van der Waals surface area contributed by atoms with Gasteiger partial charge in [-0.3, -0.25) is 4.72 Å². The van der Waals surface area contributed by atoms with Crippen LogP contribution in [0.15, 0.2) is 18.2 Å². The lowest BCUT2D eigenvalue weighted by Crippen LogP contribution is -2.26. The molecule has 21 heavy (non-hydrogen) atoms. The van der Waals surface area contributed by atoms with E-state index in [1.807, 2.05) is 33.8 Å². The molecule has 3 N–H and O–H groups in total. The summed E-state index contributed by atoms with van der Waals surface area (Å²) in [5.41, 5.74) is 7.46. The highest BCUT2D eigenvalue weighted by molar-refractivity contribution is 7.92. The van der Waals surface area contributed by atoms with Crippen molar-refractivity contribution in [3.63, 3.8) is 0 Å². The molecule has 0 aliphatic carbocycles. The van der Waals surface area contributed by atoms with Gasteiger partial charge in [0.1, 0.15) is 0 Å². The molecule has 0 unspecified atom stereocenters. The predicted octanol–water partition coefficient (Wildman–Crippen LogP) is 2.35. The first-order valence-corrected chi connectivity index (χ1v) is 8.64. The number of rotatable bonds is 4. The van der Waals surface area contributed by atoms with Crippen molar-refractivity contribution in [2.45, 2.75) is 34.1 Å². The monoisotopic (exact) mass is 308 g/mol. The van der Waals surface area contributed by atoms with Crippen LogP contribution in [0.4, 0.5) is 5.69 Å². The van der Waals surface area contributed by atoms with Crippen LogP contribution in [0.5, 0.6) is 0 Å². The standard InChI is InChI=1S/C16H24N2O2S/c1-5-14-11-13(7-6-10-17)8-9-15(14)18-21(19,20)12-16(2,3)4/h8-9,11,18H,5,10,12,17H2,1-4H3. The van der Waals surface area contributed by atoms with E-state index in [9.17, 15) is 8.42 Å². The van der Waals surface area contributed by atoms with Crippen LogP contribution < -0.4 is 10.5 Å². The van der Waals surface area contributed by atoms with Crippen molar-refractivity contribution in [3.05, 3.63) is 29.3 Å². The summed E-state index contributed by atoms with van der Waals surface area (Å²) < 4.78 is 27.0. The van der Waals surface area contributed by atoms with Crippen LogP contribution in [-0.2, 0) is 16.4 Å². The SMILES string of the molecule is CCc1cc(C#CCN)ccc1NS(=O)(=O)CC(C)(C)C. The van der Waals surface area contributed by atoms with Gasteiger partial charge < -0.3 is 5.73 Å². The molecule has 0 fully saturated rings. The number of benzene rings is 1. The molecule has 0 radical (unpaired) electrons. The molecular formula is C16H24N2O2S. The summed E-state index contributed by atoms with van der Waals surface area (Å²) in [7, 11) is -3.36. The summed E-state index contributed by atoms with van der Waals surface area (Å²) in [4.78, 5) is 0. The smallest absolute Gasteiger partial charge is 0.233 e. The Morgan fingerprint density at radius 2 is 1.95 bits per heavy atom. The molecule has 1 rings (SSSR count). The molecule has 0 amide bonds. The Bertz CT molecular complexity index is 647. The Kier molecular flexibility index (Phi) is 5.82. The van der Waals surface area contributed by atoms with Gasteiger partial charge in [0.25, 0.3) is 0 Å². The fraction of sp³-hybridized carbons (Fsp3) is 0.500. The molecule has 0 aromatic heterocycles. The van der Waals surface area contributed by atoms with Crippen molar-refractivity contribution < 1.29 is 8.42 Å². The highest BCUT2D eigenvalue weighted by Crippen LogP contribution is 2.22. The zero-order chi connectivity index (χ0) is 16.1. The number of aryl methyl sites for hydroxylation is 1. The van der Waals surface area contributed by atoms with Gasteiger partial charge in [0, 0.05) is 5.56 Å². The molecule has 0 bridgehead atoms. The molecule has 0 saturated carbocycles. The number of anilines is 1. The van der Waals surface area contributed by atoms with Crippen LogP contribution in [-0.4, -0.2) is 20.7 Å². The molecule has 116 valence electrons. The molecule has 4 nitrogen and oxygen atoms in total. The predicted molar refractivity (Wildman–Crippen MR) is 88.6 cm³/mol. The molecule has 1 aromatic rings. The van der Waals surface area contributed by atoms with Crippen molar-refractivity contribution in [1.82, 2.24) is 0 Å². The van der Waals surface area contributed by atoms with Crippen molar-refractivity contribution >= 4 is 15.7 Å². The lowest BCUT2D eigenvalue weighted by molar-refractivity contribution is 0.463. The Balaban J connectivity index is 3.04. The average molecular weight is 308 g/mol. The minimum Gasteiger partial charge on any atom is -0.320 e. The molecule has 0 aliphatic heterocycles. The minimum atomic E-state index is -3.36. The summed E-state index contributed by atoms with van der Waals surface area (Å²) in [6.45, 7) is 7.99. The summed E-state index contributed by atoms with van der Waals surface area (Å²) in [5.74, 6) is 5.83. The Hall–Kier alpha value is -1.51. The third-order valence-corrected chi connectivity index (χ3v) is 4.49. The number of sulfonamides is 1. The van der Waals surface area contributed by atoms with Crippen LogP contribution in [0.2, 0.25) is 0 Å². The zero-order valence-electron chi connectivity index (χ0n) is 13.2. The fourth-order valence-corrected chi connectivity index (χ4v) is 3.74. The first kappa shape index (κ1) is 17.5. The van der Waals surface area contributed by atoms with Gasteiger partial charge in [-0.25, -0.2) is 8.42 Å². The molecular weight excluding hydrogens is 284 g/mol. The minimum absolute atomic E-state index is 0.0812. The van der Waals surface area contributed by atoms with Gasteiger partial charge in [0.05, 0.1) is 18.0 Å². The van der Waals surface area contributed by atoms with Crippen LogP contribution in [0, 0.1) is 17.3 Å². The van der Waals surface area contributed by atoms with E-state index < -0.39 is 10.0 Å². The van der Waals surface area contributed by atoms with Gasteiger partial charge in [-0.2, -0.15) is 0 Å². The number of hydrogen-bond donors (Lipinski definition) is 2. The quantitative estimate of drug-likeness (QED) is 0.839. The van der Waals surface area contributed by atoms with Gasteiger partial charge >= 0.3 is 0 Å². The van der Waals surface area contributed by atoms with Crippen LogP contribution in [0.25, 0.3) is 0 Å². The summed E-state index contributed by atoms with van der Waals surface area (Å²) in [5, 5.41) is 0. The first-order chi connectivity index (χ1) is 9.67. The molecule has 0 aliphatic rings. The van der Waals surface area contributed by atoms with Crippen molar-refractivity contribution in [2.24, 2.45) is 11.1 Å². The van der Waals surface area contributed by atoms with Crippen LogP contribution in [0.3, 0.4) is 0 Å². The third-order valence-electron chi connectivity index (χ3n) is 2.71. The fourth-order valence-electron chi connectivity index (χ4n) is 1.99. The van der Waals surface area contributed by atoms with Crippen LogP contribution in [0.1, 0.15) is 38.8 Å². The number of nitrogens with two attached hydrogens (primary N) is 1. The second-order valence-electron chi connectivity index (χ2n) is 6.15. The summed E-state index contributed by atoms with van der Waals surface area (Å²) >= 11 is 0. The van der Waals surface area contributed by atoms with E-state index in [1.165, 1.54) is 0 Å². The van der Waals surface area contributed by atoms with E-state index in [0.717, 1.165) is 17.5 Å². The normalized spacial score (nSPS) is 11.7. The maximum absolute atomic E-state index is 12.2. The molecule has 0 spiro atoms. The third kappa shape index (κ3) is 6.19. The van der Waals surface area contributed by atoms with Gasteiger partial charge in [0.15, 0.2) is 0 Å². The van der Waals surface area contributed by atoms with E-state index in [1.54, 1.807) is 12.1 Å². The number of hydrogen-bond acceptors (Lipinski definition) is 3. The Morgan fingerprint density at radius 1 is 1.29 bits per heavy atom. The van der Waals surface area contributed by atoms with Gasteiger partial charge in [-0.15, -0.1) is 0 Å². The maximum atomic E-state index is 12.2. The van der Waals surface area contributed by atoms with E-state index in [-0.39, 0.29) is 11.2 Å². The van der Waals surface area contributed by atoms with E-state index >= 15 is 0 Å². The maximum Gasteiger partial charge on any atom is 0.233 e. The number of nitrogens with one attached hydrogen (secondary N) is 1. The van der Waals surface area contributed by atoms with Gasteiger partial charge in [-0.1, -0.05) is 39.5 Å². The zero-order valence-corrected chi connectivity index (χ0v) is 14.0. The lowest BCUT2D eigenvalue weighted by Gasteiger charge is -2.19. The van der Waals surface area contributed by atoms with Gasteiger partial charge in [-0.05, 0) is 35.6 Å². The van der Waals surface area contributed by atoms with Crippen molar-refractivity contribution in [2.75, 3.05) is 17.0 Å². The molecule has 1 aromatic carbocycles. The second-order valence-corrected chi connectivity index (χ2v) is 7.88. The highest BCUT2D eigenvalue weighted by Gasteiger charge is 2.22. The summed E-state index contributed by atoms with van der Waals surface area (Å²) in [6, 6.07) is 5.47. The van der Waals surface area contributed by atoms with Crippen LogP contribution >= 0.6 is 0 Å². The van der Waals surface area contributed by atoms with E-state index in [4.69, 9.17) is 5.73 Å². The molecule has 0 saturated heterocycles. The molecule has 5 heteroatoms. The second kappa shape index (κ2) is 6.97. The Morgan fingerprint density at radius 3 is 2.48 bits per heavy atom. The summed E-state index contributed by atoms with van der Waals surface area (Å²) in [6.07, 6.45) is 0.728. The Labute approximate surface area is 128 Å². The average Bonchev–Trinajstić information content (AvgIpc) is 2.34. The van der Waals surface area contributed by atoms with E-state index in [2.05, 4.69) is 16.6 Å². The van der Waals surface area contributed by atoms with Crippen molar-refractivity contribution in [3.8, 4) is 11.8 Å². The first-order valence-electron chi connectivity index (χ1n) is 6.99. The largest absolute Gasteiger partial charge is 0.320 e. The van der Waals surface area contributed by atoms with E-state index in [0.29, 0.717) is 12.2 Å². The van der Waals surface area contributed by atoms with Crippen molar-refractivity contribution in [1.29, 1.82) is 0 Å². The topological polar surface area (TPSA) is 72.2 Å². The highest BCUT2D eigenvalue weighted by atomic mass is 32.2. The lowest BCUT2D eigenvalue weighted by atomic mass is 10.0. The molecule has 0 atom stereocenters.